The van der Waals surface area contributed by atoms with Crippen LogP contribution < -0.4 is 0 Å². The summed E-state index contributed by atoms with van der Waals surface area (Å²) in [5.74, 6) is 3.52. The normalized spacial score (nSPS) is 39.2. The van der Waals surface area contributed by atoms with Gasteiger partial charge in [0, 0.05) is 0 Å². The Morgan fingerprint density at radius 1 is 0.750 bits per heavy atom. The molecule has 0 aromatic heterocycles. The van der Waals surface area contributed by atoms with Crippen molar-refractivity contribution in [3.63, 3.8) is 0 Å². The SMILES string of the molecule is C1=CC2CCC1C2.C=C[C@@H]1CC[C@H](C=C)C1. The van der Waals surface area contributed by atoms with E-state index in [1.54, 1.807) is 0 Å². The summed E-state index contributed by atoms with van der Waals surface area (Å²) in [6.45, 7) is 7.55. The standard InChI is InChI=1S/C9H14.C7H10/c1-3-8-5-6-9(4-2)7-8;1-2-7-4-3-6(1)5-7/h3-4,8-9H,1-2,5-7H2;1-2,6-7H,3-5H2/t8-,9+;. The number of fused-ring (bicyclic) bond motifs is 2. The van der Waals surface area contributed by atoms with Gasteiger partial charge in [-0.15, -0.1) is 13.2 Å². The molecule has 0 radical (unpaired) electrons. The van der Waals surface area contributed by atoms with Crippen molar-refractivity contribution >= 4 is 0 Å². The molecule has 2 saturated carbocycles. The van der Waals surface area contributed by atoms with E-state index in [1.807, 2.05) is 0 Å². The Bertz CT molecular complexity index is 248. The molecule has 2 bridgehead atoms. The van der Waals surface area contributed by atoms with Crippen LogP contribution >= 0.6 is 0 Å². The number of allylic oxidation sites excluding steroid dienone is 4. The lowest BCUT2D eigenvalue weighted by Gasteiger charge is -1.99. The molecule has 0 heterocycles. The summed E-state index contributed by atoms with van der Waals surface area (Å²) in [6, 6.07) is 0. The predicted octanol–water partition coefficient (Wildman–Crippen LogP) is 4.75. The van der Waals surface area contributed by atoms with E-state index >= 15 is 0 Å². The van der Waals surface area contributed by atoms with Gasteiger partial charge < -0.3 is 0 Å². The Morgan fingerprint density at radius 3 is 1.44 bits per heavy atom. The average Bonchev–Trinajstić information content (AvgIpc) is 3.06. The average molecular weight is 216 g/mol. The summed E-state index contributed by atoms with van der Waals surface area (Å²) in [4.78, 5) is 0. The molecule has 0 amide bonds. The fourth-order valence-corrected chi connectivity index (χ4v) is 3.20. The molecule has 0 aromatic rings. The van der Waals surface area contributed by atoms with Crippen molar-refractivity contribution in [2.45, 2.75) is 38.5 Å². The second kappa shape index (κ2) is 5.52. The number of hydrogen-bond acceptors (Lipinski definition) is 0. The number of hydrogen-bond donors (Lipinski definition) is 0. The van der Waals surface area contributed by atoms with Gasteiger partial charge in [0.15, 0.2) is 0 Å². The molecule has 16 heavy (non-hydrogen) atoms. The van der Waals surface area contributed by atoms with Gasteiger partial charge in [0.1, 0.15) is 0 Å². The van der Waals surface area contributed by atoms with Gasteiger partial charge in [-0.25, -0.2) is 0 Å². The van der Waals surface area contributed by atoms with Gasteiger partial charge in [-0.3, -0.25) is 0 Å². The molecule has 0 aliphatic heterocycles. The molecule has 0 saturated heterocycles. The third-order valence-corrected chi connectivity index (χ3v) is 4.35. The van der Waals surface area contributed by atoms with Crippen LogP contribution in [0.4, 0.5) is 0 Å². The van der Waals surface area contributed by atoms with Crippen LogP contribution in [0.3, 0.4) is 0 Å². The van der Waals surface area contributed by atoms with E-state index in [2.05, 4.69) is 37.5 Å². The van der Waals surface area contributed by atoms with Gasteiger partial charge in [0.25, 0.3) is 0 Å². The molecular weight excluding hydrogens is 192 g/mol. The van der Waals surface area contributed by atoms with E-state index in [1.165, 1.54) is 38.5 Å². The minimum absolute atomic E-state index is 0.771. The first-order valence-electron chi connectivity index (χ1n) is 6.75. The molecule has 4 atom stereocenters. The van der Waals surface area contributed by atoms with Crippen molar-refractivity contribution in [2.24, 2.45) is 23.7 Å². The zero-order valence-corrected chi connectivity index (χ0v) is 10.3. The molecule has 0 nitrogen and oxygen atoms in total. The van der Waals surface area contributed by atoms with E-state index in [0.29, 0.717) is 0 Å². The highest BCUT2D eigenvalue weighted by Crippen LogP contribution is 2.38. The first-order chi connectivity index (χ1) is 7.81. The first kappa shape index (κ1) is 11.7. The summed E-state index contributed by atoms with van der Waals surface area (Å²) in [7, 11) is 0. The van der Waals surface area contributed by atoms with E-state index < -0.39 is 0 Å². The lowest BCUT2D eigenvalue weighted by molar-refractivity contribution is 0.641. The lowest BCUT2D eigenvalue weighted by Crippen LogP contribution is -1.88. The maximum absolute atomic E-state index is 3.78. The van der Waals surface area contributed by atoms with Crippen LogP contribution in [0.2, 0.25) is 0 Å². The Balaban J connectivity index is 0.000000123. The summed E-state index contributed by atoms with van der Waals surface area (Å²) >= 11 is 0. The van der Waals surface area contributed by atoms with Gasteiger partial charge >= 0.3 is 0 Å². The lowest BCUT2D eigenvalue weighted by atomic mass is 10.1. The first-order valence-corrected chi connectivity index (χ1v) is 6.75. The fraction of sp³-hybridized carbons (Fsp3) is 0.625. The van der Waals surface area contributed by atoms with Crippen LogP contribution in [0.5, 0.6) is 0 Å². The molecule has 0 heteroatoms. The zero-order chi connectivity index (χ0) is 11.4. The zero-order valence-electron chi connectivity index (χ0n) is 10.3. The Kier molecular flexibility index (Phi) is 4.04. The highest BCUT2D eigenvalue weighted by Gasteiger charge is 2.25. The van der Waals surface area contributed by atoms with Crippen molar-refractivity contribution in [3.05, 3.63) is 37.5 Å². The van der Waals surface area contributed by atoms with E-state index in [9.17, 15) is 0 Å². The second-order valence-electron chi connectivity index (χ2n) is 5.52. The van der Waals surface area contributed by atoms with Crippen molar-refractivity contribution in [2.75, 3.05) is 0 Å². The monoisotopic (exact) mass is 216 g/mol. The maximum atomic E-state index is 3.78. The molecule has 3 aliphatic rings. The Morgan fingerprint density at radius 2 is 1.25 bits per heavy atom. The van der Waals surface area contributed by atoms with Gasteiger partial charge in [-0.2, -0.15) is 0 Å². The van der Waals surface area contributed by atoms with Gasteiger partial charge in [-0.1, -0.05) is 24.3 Å². The van der Waals surface area contributed by atoms with Gasteiger partial charge in [0.2, 0.25) is 0 Å². The van der Waals surface area contributed by atoms with E-state index in [4.69, 9.17) is 0 Å². The molecule has 2 fully saturated rings. The quantitative estimate of drug-likeness (QED) is 0.584. The van der Waals surface area contributed by atoms with Crippen LogP contribution in [0, 0.1) is 23.7 Å². The Labute approximate surface area is 100 Å². The second-order valence-corrected chi connectivity index (χ2v) is 5.52. The topological polar surface area (TPSA) is 0 Å². The van der Waals surface area contributed by atoms with Crippen LogP contribution in [0.1, 0.15) is 38.5 Å². The highest BCUT2D eigenvalue weighted by atomic mass is 14.3. The molecule has 88 valence electrons. The number of rotatable bonds is 2. The largest absolute Gasteiger partial charge is 0.103 e. The summed E-state index contributed by atoms with van der Waals surface area (Å²) in [5, 5.41) is 0. The van der Waals surface area contributed by atoms with Gasteiger partial charge in [-0.05, 0) is 62.2 Å². The smallest absolute Gasteiger partial charge is 0.0228 e. The van der Waals surface area contributed by atoms with Gasteiger partial charge in [0.05, 0.1) is 0 Å². The van der Waals surface area contributed by atoms with Crippen molar-refractivity contribution in [1.82, 2.24) is 0 Å². The molecule has 0 N–H and O–H groups in total. The molecular formula is C16H24. The molecule has 2 unspecified atom stereocenters. The maximum Gasteiger partial charge on any atom is -0.0228 e. The van der Waals surface area contributed by atoms with Crippen molar-refractivity contribution in [1.29, 1.82) is 0 Å². The third kappa shape index (κ3) is 2.87. The molecule has 3 aliphatic carbocycles. The minimum atomic E-state index is 0.771. The van der Waals surface area contributed by atoms with Crippen LogP contribution in [-0.2, 0) is 0 Å². The minimum Gasteiger partial charge on any atom is -0.103 e. The molecule has 0 spiro atoms. The summed E-state index contributed by atoms with van der Waals surface area (Å²) in [5.41, 5.74) is 0. The van der Waals surface area contributed by atoms with E-state index in [-0.39, 0.29) is 0 Å². The van der Waals surface area contributed by atoms with Crippen molar-refractivity contribution in [3.8, 4) is 0 Å². The van der Waals surface area contributed by atoms with Crippen molar-refractivity contribution < 1.29 is 0 Å². The highest BCUT2D eigenvalue weighted by molar-refractivity contribution is 5.06. The van der Waals surface area contributed by atoms with E-state index in [0.717, 1.165) is 23.7 Å². The van der Waals surface area contributed by atoms with Crippen LogP contribution in [-0.4, -0.2) is 0 Å². The van der Waals surface area contributed by atoms with Crippen LogP contribution in [0.25, 0.3) is 0 Å². The summed E-state index contributed by atoms with van der Waals surface area (Å²) in [6.07, 6.45) is 17.3. The molecule has 0 aromatic carbocycles. The third-order valence-electron chi connectivity index (χ3n) is 4.35. The fourth-order valence-electron chi connectivity index (χ4n) is 3.20. The summed E-state index contributed by atoms with van der Waals surface area (Å²) < 4.78 is 0. The predicted molar refractivity (Wildman–Crippen MR) is 71.2 cm³/mol. The Hall–Kier alpha value is -0.780. The van der Waals surface area contributed by atoms with Crippen LogP contribution in [0.15, 0.2) is 37.5 Å². The molecule has 3 rings (SSSR count).